The molecule has 0 atom stereocenters. The third kappa shape index (κ3) is 3.64. The van der Waals surface area contributed by atoms with Gasteiger partial charge in [-0.05, 0) is 25.0 Å². The van der Waals surface area contributed by atoms with Gasteiger partial charge in [0.05, 0.1) is 0 Å². The lowest BCUT2D eigenvalue weighted by Gasteiger charge is -2.10. The molecule has 0 aliphatic carbocycles. The van der Waals surface area contributed by atoms with Gasteiger partial charge in [0.1, 0.15) is 11.3 Å². The van der Waals surface area contributed by atoms with Crippen molar-refractivity contribution in [2.75, 3.05) is 0 Å². The van der Waals surface area contributed by atoms with Gasteiger partial charge in [0, 0.05) is 12.8 Å². The van der Waals surface area contributed by atoms with Crippen molar-refractivity contribution in [3.63, 3.8) is 0 Å². The van der Waals surface area contributed by atoms with E-state index in [1.165, 1.54) is 12.1 Å². The van der Waals surface area contributed by atoms with Crippen molar-refractivity contribution >= 4 is 17.9 Å². The van der Waals surface area contributed by atoms with Crippen LogP contribution in [0, 0.1) is 0 Å². The maximum Gasteiger partial charge on any atom is 0.349 e. The highest BCUT2D eigenvalue weighted by molar-refractivity contribution is 5.99. The van der Waals surface area contributed by atoms with Crippen molar-refractivity contribution in [2.45, 2.75) is 32.1 Å². The maximum absolute atomic E-state index is 11.8. The van der Waals surface area contributed by atoms with E-state index in [4.69, 9.17) is 9.47 Å². The Morgan fingerprint density at radius 2 is 1.42 bits per heavy atom. The number of hydrogen-bond donors (Lipinski definition) is 0. The number of ether oxygens (including phenoxy) is 2. The number of carbonyl (C=O) groups is 3. The van der Waals surface area contributed by atoms with E-state index in [-0.39, 0.29) is 30.1 Å². The number of para-hydroxylation sites is 1. The van der Waals surface area contributed by atoms with Gasteiger partial charge in [-0.2, -0.15) is 0 Å². The molecule has 0 unspecified atom stereocenters. The summed E-state index contributed by atoms with van der Waals surface area (Å²) in [5, 5.41) is 0. The Morgan fingerprint density at radius 1 is 0.789 bits per heavy atom. The molecular weight excluding hydrogens is 248 g/mol. The maximum atomic E-state index is 11.8. The largest absolute Gasteiger partial charge is 0.426 e. The van der Waals surface area contributed by atoms with Crippen molar-refractivity contribution in [2.24, 2.45) is 0 Å². The highest BCUT2D eigenvalue weighted by atomic mass is 16.6. The first kappa shape index (κ1) is 13.3. The quantitative estimate of drug-likeness (QED) is 0.407. The Hall–Kier alpha value is -2.17. The second kappa shape index (κ2) is 6.13. The zero-order valence-corrected chi connectivity index (χ0v) is 10.4. The van der Waals surface area contributed by atoms with Gasteiger partial charge in [0.2, 0.25) is 0 Å². The average Bonchev–Trinajstić information content (AvgIpc) is 2.37. The van der Waals surface area contributed by atoms with Gasteiger partial charge in [-0.1, -0.05) is 18.6 Å². The van der Waals surface area contributed by atoms with Crippen LogP contribution in [0.25, 0.3) is 0 Å². The van der Waals surface area contributed by atoms with Crippen molar-refractivity contribution in [1.29, 1.82) is 0 Å². The fourth-order valence-corrected chi connectivity index (χ4v) is 1.82. The molecular formula is C14H14O5. The van der Waals surface area contributed by atoms with Crippen LogP contribution in [0.3, 0.4) is 0 Å². The zero-order chi connectivity index (χ0) is 13.7. The highest BCUT2D eigenvalue weighted by Crippen LogP contribution is 2.21. The van der Waals surface area contributed by atoms with Crippen LogP contribution in [0.15, 0.2) is 24.3 Å². The molecule has 5 nitrogen and oxygen atoms in total. The van der Waals surface area contributed by atoms with Crippen LogP contribution < -0.4 is 4.74 Å². The van der Waals surface area contributed by atoms with Gasteiger partial charge in [0.25, 0.3) is 0 Å². The fourth-order valence-electron chi connectivity index (χ4n) is 1.82. The number of benzene rings is 1. The van der Waals surface area contributed by atoms with Crippen LogP contribution in [0.2, 0.25) is 0 Å². The average molecular weight is 262 g/mol. The summed E-state index contributed by atoms with van der Waals surface area (Å²) in [6, 6.07) is 6.23. The Balaban J connectivity index is 2.26. The zero-order valence-electron chi connectivity index (χ0n) is 10.4. The van der Waals surface area contributed by atoms with E-state index in [0.29, 0.717) is 12.8 Å². The summed E-state index contributed by atoms with van der Waals surface area (Å²) in [5.74, 6) is -1.58. The number of hydrogen-bond acceptors (Lipinski definition) is 5. The van der Waals surface area contributed by atoms with E-state index < -0.39 is 11.9 Å². The summed E-state index contributed by atoms with van der Waals surface area (Å²) in [5.41, 5.74) is 0.0878. The molecule has 2 rings (SSSR count). The lowest BCUT2D eigenvalue weighted by Crippen LogP contribution is -2.16. The van der Waals surface area contributed by atoms with Gasteiger partial charge >= 0.3 is 17.9 Å². The van der Waals surface area contributed by atoms with Crippen molar-refractivity contribution < 1.29 is 23.9 Å². The van der Waals surface area contributed by atoms with Gasteiger partial charge in [-0.3, -0.25) is 9.59 Å². The summed E-state index contributed by atoms with van der Waals surface area (Å²) >= 11 is 0. The second-order valence-corrected chi connectivity index (χ2v) is 4.29. The molecule has 0 radical (unpaired) electrons. The molecule has 100 valence electrons. The lowest BCUT2D eigenvalue weighted by atomic mass is 10.1. The Morgan fingerprint density at radius 3 is 2.16 bits per heavy atom. The summed E-state index contributed by atoms with van der Waals surface area (Å²) in [7, 11) is 0. The predicted molar refractivity (Wildman–Crippen MR) is 65.6 cm³/mol. The van der Waals surface area contributed by atoms with Gasteiger partial charge in [-0.15, -0.1) is 0 Å². The molecule has 0 aromatic heterocycles. The summed E-state index contributed by atoms with van der Waals surface area (Å²) < 4.78 is 9.84. The van der Waals surface area contributed by atoms with Crippen LogP contribution in [0.5, 0.6) is 5.75 Å². The van der Waals surface area contributed by atoms with Gasteiger partial charge in [0.15, 0.2) is 0 Å². The number of esters is 3. The fraction of sp³-hybridized carbons (Fsp3) is 0.357. The number of carbonyl (C=O) groups excluding carboxylic acids is 3. The first-order valence-electron chi connectivity index (χ1n) is 6.21. The van der Waals surface area contributed by atoms with E-state index >= 15 is 0 Å². The van der Waals surface area contributed by atoms with Crippen LogP contribution in [-0.2, 0) is 14.3 Å². The number of rotatable bonds is 0. The van der Waals surface area contributed by atoms with Gasteiger partial charge < -0.3 is 9.47 Å². The molecule has 5 heteroatoms. The molecule has 0 fully saturated rings. The minimum absolute atomic E-state index is 0.0878. The molecule has 0 saturated heterocycles. The monoisotopic (exact) mass is 262 g/mol. The van der Waals surface area contributed by atoms with Crippen LogP contribution >= 0.6 is 0 Å². The molecule has 0 amide bonds. The SMILES string of the molecule is O=C1CCCCCC(=O)Oc2ccccc2C(=O)O1. The smallest absolute Gasteiger partial charge is 0.349 e. The normalized spacial score (nSPS) is 17.6. The molecule has 0 N–H and O–H groups in total. The molecule has 0 saturated carbocycles. The topological polar surface area (TPSA) is 69.7 Å². The molecule has 1 aromatic carbocycles. The van der Waals surface area contributed by atoms with Crippen molar-refractivity contribution in [1.82, 2.24) is 0 Å². The number of cyclic esters (lactones) is 2. The molecule has 1 aliphatic rings. The van der Waals surface area contributed by atoms with Gasteiger partial charge in [-0.25, -0.2) is 4.79 Å². The molecule has 19 heavy (non-hydrogen) atoms. The third-order valence-electron chi connectivity index (χ3n) is 2.80. The Bertz CT molecular complexity index is 506. The second-order valence-electron chi connectivity index (χ2n) is 4.29. The Labute approximate surface area is 110 Å². The predicted octanol–water partition coefficient (Wildman–Crippen LogP) is 2.24. The standard InChI is InChI=1S/C14H14O5/c15-12-8-2-1-3-9-13(16)19-14(17)10-6-4-5-7-11(10)18-12/h4-7H,1-3,8-9H2. The minimum atomic E-state index is -0.783. The molecule has 1 aromatic rings. The number of fused-ring (bicyclic) bond motifs is 1. The van der Waals surface area contributed by atoms with Crippen molar-refractivity contribution in [3.8, 4) is 5.75 Å². The van der Waals surface area contributed by atoms with Crippen molar-refractivity contribution in [3.05, 3.63) is 29.8 Å². The van der Waals surface area contributed by atoms with Crippen LogP contribution in [0.1, 0.15) is 42.5 Å². The summed E-state index contributed by atoms with van der Waals surface area (Å²) in [4.78, 5) is 34.8. The minimum Gasteiger partial charge on any atom is -0.426 e. The Kier molecular flexibility index (Phi) is 4.28. The molecule has 0 bridgehead atoms. The summed E-state index contributed by atoms with van der Waals surface area (Å²) in [6.45, 7) is 0. The van der Waals surface area contributed by atoms with E-state index in [0.717, 1.165) is 6.42 Å². The molecule has 0 spiro atoms. The van der Waals surface area contributed by atoms with E-state index in [1.807, 2.05) is 0 Å². The molecule has 1 heterocycles. The van der Waals surface area contributed by atoms with E-state index in [1.54, 1.807) is 12.1 Å². The van der Waals surface area contributed by atoms with E-state index in [9.17, 15) is 14.4 Å². The third-order valence-corrected chi connectivity index (χ3v) is 2.80. The lowest BCUT2D eigenvalue weighted by molar-refractivity contribution is -0.138. The van der Waals surface area contributed by atoms with Crippen LogP contribution in [-0.4, -0.2) is 17.9 Å². The van der Waals surface area contributed by atoms with Crippen LogP contribution in [0.4, 0.5) is 0 Å². The highest BCUT2D eigenvalue weighted by Gasteiger charge is 2.19. The first-order chi connectivity index (χ1) is 9.16. The first-order valence-corrected chi connectivity index (χ1v) is 6.21. The molecule has 1 aliphatic heterocycles. The summed E-state index contributed by atoms with van der Waals surface area (Å²) in [6.07, 6.45) is 2.43. The van der Waals surface area contributed by atoms with E-state index in [2.05, 4.69) is 0 Å².